The summed E-state index contributed by atoms with van der Waals surface area (Å²) in [4.78, 5) is 9.96. The van der Waals surface area contributed by atoms with Crippen LogP contribution in [0.25, 0.3) is 0 Å². The van der Waals surface area contributed by atoms with E-state index in [0.717, 1.165) is 0 Å². The second-order valence-electron chi connectivity index (χ2n) is 5.53. The second kappa shape index (κ2) is 11.0. The Morgan fingerprint density at radius 3 is 1.88 bits per heavy atom. The molecule has 0 amide bonds. The van der Waals surface area contributed by atoms with E-state index in [4.69, 9.17) is 35.4 Å². The zero-order valence-corrected chi connectivity index (χ0v) is 13.6. The van der Waals surface area contributed by atoms with Crippen LogP contribution in [-0.2, 0) is 9.53 Å². The van der Waals surface area contributed by atoms with E-state index in [1.807, 2.05) is 0 Å². The third-order valence-electron chi connectivity index (χ3n) is 3.74. The lowest BCUT2D eigenvalue weighted by Crippen LogP contribution is -2.57. The molecule has 0 bridgehead atoms. The number of aliphatic hydroxyl groups excluding tert-OH is 8. The van der Waals surface area contributed by atoms with Crippen LogP contribution in [-0.4, -0.2) is 102 Å². The lowest BCUT2D eigenvalue weighted by molar-refractivity contribution is -0.281. The smallest absolute Gasteiger partial charge is 0.183 e. The number of rotatable bonds is 6. The Labute approximate surface area is 139 Å². The molecule has 0 aliphatic carbocycles. The number of ether oxygens (including phenoxy) is 1. The number of carbonyl (C=O) groups excluding carboxylic acids is 1. The Morgan fingerprint density at radius 1 is 0.917 bits per heavy atom. The van der Waals surface area contributed by atoms with E-state index >= 15 is 0 Å². The topological polar surface area (TPSA) is 188 Å². The van der Waals surface area contributed by atoms with Gasteiger partial charge in [0.25, 0.3) is 0 Å². The molecule has 0 aromatic carbocycles. The summed E-state index contributed by atoms with van der Waals surface area (Å²) in [5, 5.41) is 72.3. The van der Waals surface area contributed by atoms with E-state index in [1.165, 1.54) is 0 Å². The van der Waals surface area contributed by atoms with Crippen LogP contribution in [0.1, 0.15) is 26.7 Å². The van der Waals surface area contributed by atoms with Crippen molar-refractivity contribution in [1.82, 2.24) is 0 Å². The van der Waals surface area contributed by atoms with Gasteiger partial charge in [-0.2, -0.15) is 0 Å². The van der Waals surface area contributed by atoms with Crippen LogP contribution in [0.2, 0.25) is 0 Å². The maximum absolute atomic E-state index is 9.96. The van der Waals surface area contributed by atoms with Gasteiger partial charge in [0.1, 0.15) is 36.6 Å². The van der Waals surface area contributed by atoms with Crippen molar-refractivity contribution in [3.63, 3.8) is 0 Å². The molecule has 1 rings (SSSR count). The van der Waals surface area contributed by atoms with E-state index < -0.39 is 55.1 Å². The van der Waals surface area contributed by atoms with Crippen molar-refractivity contribution in [2.75, 3.05) is 0 Å². The van der Waals surface area contributed by atoms with Crippen molar-refractivity contribution in [2.45, 2.75) is 81.8 Å². The minimum Gasteiger partial charge on any atom is -0.390 e. The van der Waals surface area contributed by atoms with Gasteiger partial charge < -0.3 is 50.4 Å². The predicted octanol–water partition coefficient (Wildman–Crippen LogP) is -3.76. The first-order valence-corrected chi connectivity index (χ1v) is 7.67. The van der Waals surface area contributed by atoms with Crippen LogP contribution in [0.3, 0.4) is 0 Å². The number of carbonyl (C=O) groups is 1. The van der Waals surface area contributed by atoms with Gasteiger partial charge in [-0.1, -0.05) is 13.8 Å². The molecule has 4 unspecified atom stereocenters. The highest BCUT2D eigenvalue weighted by molar-refractivity contribution is 5.56. The minimum atomic E-state index is -1.65. The maximum Gasteiger partial charge on any atom is 0.183 e. The molecule has 144 valence electrons. The minimum absolute atomic E-state index is 0.107. The van der Waals surface area contributed by atoms with Gasteiger partial charge in [-0.05, 0) is 12.8 Å². The summed E-state index contributed by atoms with van der Waals surface area (Å²) in [6, 6.07) is 0. The largest absolute Gasteiger partial charge is 0.390 e. The molecular weight excluding hydrogens is 328 g/mol. The third-order valence-corrected chi connectivity index (χ3v) is 3.74. The molecule has 1 fully saturated rings. The standard InChI is InChI=1S/2C7H14O5/c1-2-3-4(8)5(9)6(10)7(11)12-3;1-2-4(9)6(11)7(12)5(10)3-8/h3-11H,2H2,1H3;3-7,9-12H,2H2,1H3/t3?,4-,5-,6?,7+;4?,5?,6-,7+/m11/s1. The fraction of sp³-hybridized carbons (Fsp3) is 0.929. The SMILES string of the molecule is CCC(O)[C@@H](O)[C@@H](O)C(O)C=O.CCC1O[C@H](O)C(O)[C@H](O)[C@@H]1O. The van der Waals surface area contributed by atoms with E-state index in [-0.39, 0.29) is 12.7 Å². The highest BCUT2D eigenvalue weighted by atomic mass is 16.6. The number of aldehydes is 1. The number of hydrogen-bond donors (Lipinski definition) is 8. The van der Waals surface area contributed by atoms with Gasteiger partial charge in [0.15, 0.2) is 12.6 Å². The molecule has 9 atom stereocenters. The Morgan fingerprint density at radius 2 is 1.46 bits per heavy atom. The van der Waals surface area contributed by atoms with E-state index in [1.54, 1.807) is 13.8 Å². The normalized spacial score (nSPS) is 35.2. The average molecular weight is 356 g/mol. The van der Waals surface area contributed by atoms with Gasteiger partial charge in [-0.25, -0.2) is 0 Å². The maximum atomic E-state index is 9.96. The van der Waals surface area contributed by atoms with Crippen LogP contribution < -0.4 is 0 Å². The monoisotopic (exact) mass is 356 g/mol. The fourth-order valence-corrected chi connectivity index (χ4v) is 2.02. The molecule has 8 N–H and O–H groups in total. The first-order chi connectivity index (χ1) is 11.1. The molecule has 1 saturated heterocycles. The molecular formula is C14H28O10. The first-order valence-electron chi connectivity index (χ1n) is 7.67. The molecule has 0 radical (unpaired) electrons. The predicted molar refractivity (Wildman–Crippen MR) is 79.6 cm³/mol. The van der Waals surface area contributed by atoms with Gasteiger partial charge in [0, 0.05) is 0 Å². The van der Waals surface area contributed by atoms with Crippen molar-refractivity contribution in [1.29, 1.82) is 0 Å². The van der Waals surface area contributed by atoms with Gasteiger partial charge >= 0.3 is 0 Å². The molecule has 0 aromatic heterocycles. The molecule has 0 aromatic rings. The van der Waals surface area contributed by atoms with Crippen molar-refractivity contribution in [2.24, 2.45) is 0 Å². The Balaban J connectivity index is 0.000000441. The third kappa shape index (κ3) is 6.31. The van der Waals surface area contributed by atoms with Crippen LogP contribution in [0.4, 0.5) is 0 Å². The molecule has 1 aliphatic rings. The first kappa shape index (κ1) is 23.3. The summed E-state index contributed by atoms with van der Waals surface area (Å²) < 4.78 is 4.83. The zero-order valence-electron chi connectivity index (χ0n) is 13.6. The van der Waals surface area contributed by atoms with Crippen LogP contribution in [0.5, 0.6) is 0 Å². The quantitative estimate of drug-likeness (QED) is 0.219. The summed E-state index contributed by atoms with van der Waals surface area (Å²) in [5.41, 5.74) is 0. The zero-order chi connectivity index (χ0) is 19.0. The average Bonchev–Trinajstić information content (AvgIpc) is 2.60. The van der Waals surface area contributed by atoms with Crippen molar-refractivity contribution in [3.05, 3.63) is 0 Å². The molecule has 0 saturated carbocycles. The Kier molecular flexibility index (Phi) is 10.7. The Hall–Kier alpha value is -0.690. The van der Waals surface area contributed by atoms with Gasteiger partial charge in [-0.15, -0.1) is 0 Å². The van der Waals surface area contributed by atoms with Crippen LogP contribution in [0.15, 0.2) is 0 Å². The van der Waals surface area contributed by atoms with Crippen molar-refractivity contribution < 1.29 is 50.4 Å². The van der Waals surface area contributed by atoms with Crippen LogP contribution >= 0.6 is 0 Å². The van der Waals surface area contributed by atoms with Crippen LogP contribution in [0, 0.1) is 0 Å². The lowest BCUT2D eigenvalue weighted by atomic mass is 9.97. The van der Waals surface area contributed by atoms with E-state index in [2.05, 4.69) is 0 Å². The summed E-state index contributed by atoms with van der Waals surface area (Å²) >= 11 is 0. The summed E-state index contributed by atoms with van der Waals surface area (Å²) in [6.45, 7) is 3.36. The van der Waals surface area contributed by atoms with Gasteiger partial charge in [-0.3, -0.25) is 0 Å². The van der Waals surface area contributed by atoms with Crippen molar-refractivity contribution in [3.8, 4) is 0 Å². The number of hydrogen-bond acceptors (Lipinski definition) is 10. The highest BCUT2D eigenvalue weighted by Crippen LogP contribution is 2.21. The summed E-state index contributed by atoms with van der Waals surface area (Å²) in [7, 11) is 0. The molecule has 10 nitrogen and oxygen atoms in total. The van der Waals surface area contributed by atoms with E-state index in [0.29, 0.717) is 6.42 Å². The Bertz CT molecular complexity index is 350. The second-order valence-corrected chi connectivity index (χ2v) is 5.53. The van der Waals surface area contributed by atoms with Gasteiger partial charge in [0.05, 0.1) is 12.2 Å². The van der Waals surface area contributed by atoms with Crippen molar-refractivity contribution >= 4 is 6.29 Å². The molecule has 24 heavy (non-hydrogen) atoms. The number of aliphatic hydroxyl groups is 8. The lowest BCUT2D eigenvalue weighted by Gasteiger charge is -2.37. The molecule has 1 heterocycles. The molecule has 0 spiro atoms. The molecule has 1 aliphatic heterocycles. The fourth-order valence-electron chi connectivity index (χ4n) is 2.02. The van der Waals surface area contributed by atoms with Gasteiger partial charge in [0.2, 0.25) is 0 Å². The summed E-state index contributed by atoms with van der Waals surface area (Å²) in [5.74, 6) is 0. The summed E-state index contributed by atoms with van der Waals surface area (Å²) in [6.07, 6.45) is -11.0. The molecule has 10 heteroatoms. The van der Waals surface area contributed by atoms with E-state index in [9.17, 15) is 15.0 Å². The highest BCUT2D eigenvalue weighted by Gasteiger charge is 2.41.